The lowest BCUT2D eigenvalue weighted by Gasteiger charge is -2.30. The number of nitrogens with two attached hydrogens (primary N) is 1. The molecule has 0 radical (unpaired) electrons. The summed E-state index contributed by atoms with van der Waals surface area (Å²) >= 11 is 1.53. The largest absolute Gasteiger partial charge is 0.477 e. The van der Waals surface area contributed by atoms with E-state index in [1.165, 1.54) is 24.0 Å². The zero-order valence-corrected chi connectivity index (χ0v) is 15.7. The van der Waals surface area contributed by atoms with Crippen LogP contribution in [0.5, 0.6) is 0 Å². The molecule has 0 bridgehead atoms. The van der Waals surface area contributed by atoms with E-state index >= 15 is 4.39 Å². The molecule has 2 aromatic rings. The Morgan fingerprint density at radius 2 is 2.19 bits per heavy atom. The molecule has 2 aliphatic heterocycles. The SMILES string of the molecule is C[C@H]1CSc2c(N3CC(N)C4(CC4)C3)c(F)cc3c(=O)c(C(=O)O)cn1c23. The van der Waals surface area contributed by atoms with Crippen molar-refractivity contribution in [1.82, 2.24) is 4.57 Å². The fraction of sp³-hybridized carbons (Fsp3) is 0.474. The smallest absolute Gasteiger partial charge is 0.341 e. The Balaban J connectivity index is 1.78. The van der Waals surface area contributed by atoms with Crippen LogP contribution in [0, 0.1) is 11.2 Å². The van der Waals surface area contributed by atoms with E-state index in [1.807, 2.05) is 16.4 Å². The number of benzene rings is 1. The van der Waals surface area contributed by atoms with Gasteiger partial charge in [0.05, 0.1) is 21.5 Å². The summed E-state index contributed by atoms with van der Waals surface area (Å²) in [6.45, 7) is 3.31. The first kappa shape index (κ1) is 17.1. The number of pyridine rings is 1. The van der Waals surface area contributed by atoms with Crippen LogP contribution in [0.25, 0.3) is 10.9 Å². The van der Waals surface area contributed by atoms with E-state index in [1.54, 1.807) is 0 Å². The molecule has 2 fully saturated rings. The van der Waals surface area contributed by atoms with Crippen molar-refractivity contribution in [2.24, 2.45) is 11.1 Å². The molecule has 3 heterocycles. The molecule has 1 aliphatic carbocycles. The Morgan fingerprint density at radius 1 is 1.44 bits per heavy atom. The molecule has 3 aliphatic rings. The van der Waals surface area contributed by atoms with Crippen LogP contribution in [0.3, 0.4) is 0 Å². The number of carbonyl (C=O) groups is 1. The number of hydrogen-bond acceptors (Lipinski definition) is 5. The number of halogens is 1. The van der Waals surface area contributed by atoms with E-state index in [9.17, 15) is 14.7 Å². The lowest BCUT2D eigenvalue weighted by atomic mass is 10.0. The Bertz CT molecular complexity index is 1060. The molecule has 8 heteroatoms. The van der Waals surface area contributed by atoms with E-state index in [4.69, 9.17) is 5.73 Å². The van der Waals surface area contributed by atoms with Crippen LogP contribution >= 0.6 is 11.8 Å². The molecule has 142 valence electrons. The summed E-state index contributed by atoms with van der Waals surface area (Å²) in [4.78, 5) is 26.9. The molecule has 1 saturated carbocycles. The third-order valence-electron chi connectivity index (χ3n) is 6.29. The van der Waals surface area contributed by atoms with Crippen LogP contribution in [0.2, 0.25) is 0 Å². The number of thioether (sulfide) groups is 1. The van der Waals surface area contributed by atoms with Crippen molar-refractivity contribution in [1.29, 1.82) is 0 Å². The number of aromatic nitrogens is 1. The van der Waals surface area contributed by atoms with Gasteiger partial charge < -0.3 is 20.3 Å². The second-order valence-corrected chi connectivity index (χ2v) is 9.06. The molecule has 1 saturated heterocycles. The van der Waals surface area contributed by atoms with Crippen molar-refractivity contribution < 1.29 is 14.3 Å². The minimum absolute atomic E-state index is 0.0117. The van der Waals surface area contributed by atoms with Crippen LogP contribution in [0.15, 0.2) is 22.0 Å². The van der Waals surface area contributed by atoms with Gasteiger partial charge in [0.25, 0.3) is 0 Å². The number of anilines is 1. The first-order valence-electron chi connectivity index (χ1n) is 9.10. The van der Waals surface area contributed by atoms with Crippen LogP contribution in [0.1, 0.15) is 36.2 Å². The summed E-state index contributed by atoms with van der Waals surface area (Å²) in [6, 6.07) is 1.25. The lowest BCUT2D eigenvalue weighted by Crippen LogP contribution is -2.31. The Labute approximate surface area is 159 Å². The highest BCUT2D eigenvalue weighted by Gasteiger charge is 2.54. The normalized spacial score (nSPS) is 25.4. The number of carboxylic acids is 1. The minimum Gasteiger partial charge on any atom is -0.477 e. The van der Waals surface area contributed by atoms with Crippen molar-refractivity contribution in [2.75, 3.05) is 23.7 Å². The molecular weight excluding hydrogens is 369 g/mol. The quantitative estimate of drug-likeness (QED) is 0.820. The summed E-state index contributed by atoms with van der Waals surface area (Å²) in [5.74, 6) is -1.08. The number of hydrogen-bond donors (Lipinski definition) is 2. The number of rotatable bonds is 2. The molecule has 27 heavy (non-hydrogen) atoms. The molecule has 3 N–H and O–H groups in total. The van der Waals surface area contributed by atoms with Gasteiger partial charge in [-0.2, -0.15) is 0 Å². The van der Waals surface area contributed by atoms with Crippen molar-refractivity contribution in [3.63, 3.8) is 0 Å². The number of nitrogens with zero attached hydrogens (tertiary/aromatic N) is 2. The monoisotopic (exact) mass is 389 g/mol. The summed E-state index contributed by atoms with van der Waals surface area (Å²) in [7, 11) is 0. The van der Waals surface area contributed by atoms with E-state index in [0.717, 1.165) is 24.3 Å². The fourth-order valence-electron chi connectivity index (χ4n) is 4.51. The lowest BCUT2D eigenvalue weighted by molar-refractivity contribution is 0.0694. The Morgan fingerprint density at radius 3 is 2.81 bits per heavy atom. The average Bonchev–Trinajstić information content (AvgIpc) is 3.32. The molecule has 5 rings (SSSR count). The van der Waals surface area contributed by atoms with Gasteiger partial charge in [0.1, 0.15) is 11.4 Å². The van der Waals surface area contributed by atoms with Gasteiger partial charge in [0, 0.05) is 42.5 Å². The van der Waals surface area contributed by atoms with Crippen LogP contribution < -0.4 is 16.1 Å². The van der Waals surface area contributed by atoms with Crippen LogP contribution in [-0.2, 0) is 0 Å². The van der Waals surface area contributed by atoms with Gasteiger partial charge in [-0.25, -0.2) is 9.18 Å². The first-order chi connectivity index (χ1) is 12.8. The molecular formula is C19H20FN3O3S. The van der Waals surface area contributed by atoms with Crippen molar-refractivity contribution in [2.45, 2.75) is 36.7 Å². The maximum atomic E-state index is 15.2. The van der Waals surface area contributed by atoms with Gasteiger partial charge >= 0.3 is 5.97 Å². The minimum atomic E-state index is -1.29. The first-order valence-corrected chi connectivity index (χ1v) is 10.1. The van der Waals surface area contributed by atoms with Gasteiger partial charge in [0.15, 0.2) is 0 Å². The van der Waals surface area contributed by atoms with E-state index < -0.39 is 17.2 Å². The summed E-state index contributed by atoms with van der Waals surface area (Å²) in [6.07, 6.45) is 3.55. The molecule has 1 aromatic carbocycles. The number of carboxylic acid groups (broad SMARTS) is 1. The predicted molar refractivity (Wildman–Crippen MR) is 102 cm³/mol. The predicted octanol–water partition coefficient (Wildman–Crippen LogP) is 2.43. The maximum Gasteiger partial charge on any atom is 0.341 e. The molecule has 1 unspecified atom stereocenters. The maximum absolute atomic E-state index is 15.2. The molecule has 2 atom stereocenters. The average molecular weight is 389 g/mol. The topological polar surface area (TPSA) is 88.6 Å². The molecule has 0 amide bonds. The standard InChI is InChI=1S/C19H20FN3O3S/c1-9-7-27-17-14-10(16(24)11(18(25)26)5-23(9)14)4-12(20)15(17)22-6-13(21)19(8-22)2-3-19/h4-5,9,13H,2-3,6-8,21H2,1H3,(H,25,26)/t9-,13?/m0/s1. The molecule has 1 spiro atoms. The highest BCUT2D eigenvalue weighted by molar-refractivity contribution is 7.99. The highest BCUT2D eigenvalue weighted by atomic mass is 32.2. The molecule has 1 aromatic heterocycles. The summed E-state index contributed by atoms with van der Waals surface area (Å²) < 4.78 is 17.0. The van der Waals surface area contributed by atoms with Gasteiger partial charge in [-0.05, 0) is 25.8 Å². The van der Waals surface area contributed by atoms with Gasteiger partial charge in [-0.15, -0.1) is 11.8 Å². The van der Waals surface area contributed by atoms with E-state index in [-0.39, 0.29) is 28.4 Å². The van der Waals surface area contributed by atoms with Crippen molar-refractivity contribution >= 4 is 34.3 Å². The van der Waals surface area contributed by atoms with Crippen molar-refractivity contribution in [3.05, 3.63) is 33.9 Å². The third-order valence-corrected chi connectivity index (χ3v) is 7.61. The van der Waals surface area contributed by atoms with Crippen molar-refractivity contribution in [3.8, 4) is 0 Å². The van der Waals surface area contributed by atoms with Crippen LogP contribution in [-0.4, -0.2) is 40.5 Å². The molecule has 6 nitrogen and oxygen atoms in total. The second kappa shape index (κ2) is 5.48. The number of aromatic carboxylic acids is 1. The van der Waals surface area contributed by atoms with E-state index in [0.29, 0.717) is 23.5 Å². The summed E-state index contributed by atoms with van der Waals surface area (Å²) in [5.41, 5.74) is 6.60. The highest BCUT2D eigenvalue weighted by Crippen LogP contribution is 2.54. The zero-order valence-electron chi connectivity index (χ0n) is 14.9. The summed E-state index contributed by atoms with van der Waals surface area (Å²) in [5, 5.41) is 9.51. The Kier molecular flexibility index (Phi) is 3.46. The van der Waals surface area contributed by atoms with Crippen LogP contribution in [0.4, 0.5) is 10.1 Å². The zero-order chi connectivity index (χ0) is 19.1. The fourth-order valence-corrected chi connectivity index (χ4v) is 5.80. The van der Waals surface area contributed by atoms with Gasteiger partial charge in [-0.1, -0.05) is 0 Å². The van der Waals surface area contributed by atoms with E-state index in [2.05, 4.69) is 0 Å². The van der Waals surface area contributed by atoms with Gasteiger partial charge in [0.2, 0.25) is 5.43 Å². The Hall–Kier alpha value is -2.06. The van der Waals surface area contributed by atoms with Gasteiger partial charge in [-0.3, -0.25) is 4.79 Å². The third kappa shape index (κ3) is 2.29. The second-order valence-electron chi connectivity index (χ2n) is 8.03.